The molecule has 2 fully saturated rings. The van der Waals surface area contributed by atoms with Crippen LogP contribution in [-0.4, -0.2) is 86.1 Å². The molecule has 14 heteroatoms. The van der Waals surface area contributed by atoms with Gasteiger partial charge >= 0.3 is 12.2 Å². The fourth-order valence-corrected chi connectivity index (χ4v) is 7.83. The Balaban J connectivity index is 1.16. The standard InChI is InChI=1S/C42H54N8O6/c1-7-10-30-35(47-38(45-30)33-12-9-22-50(33)40(52)36(25(4)5)56-41(43)53)29-19-15-27(16-20-29)26-13-17-28(18-14-26)31-23-44-37(46-31)32-11-8-21-49(32)39(51)34(24(2)3)48-42(54)55-6/h13-20,23-25,32-34,36H,7-12,21-22H2,1-6H3,(H2,43,53)(H,44,46)(H,45,47)(H,48,54)/t32?,33-,34?,36-/m0/s1. The van der Waals surface area contributed by atoms with Crippen LogP contribution in [0.25, 0.3) is 33.6 Å². The van der Waals surface area contributed by atoms with Crippen molar-refractivity contribution in [2.45, 2.75) is 97.4 Å². The van der Waals surface area contributed by atoms with Gasteiger partial charge in [0.25, 0.3) is 5.91 Å². The highest BCUT2D eigenvalue weighted by Crippen LogP contribution is 2.36. The molecular formula is C42H54N8O6. The summed E-state index contributed by atoms with van der Waals surface area (Å²) in [5.41, 5.74) is 12.0. The quantitative estimate of drug-likeness (QED) is 0.113. The summed E-state index contributed by atoms with van der Waals surface area (Å²) in [7, 11) is 1.29. The van der Waals surface area contributed by atoms with E-state index in [0.29, 0.717) is 13.1 Å². The van der Waals surface area contributed by atoms with Crippen molar-refractivity contribution in [2.75, 3.05) is 20.2 Å². The molecule has 2 unspecified atom stereocenters. The average Bonchev–Trinajstić information content (AvgIpc) is 4.02. The number of nitrogens with two attached hydrogens (primary N) is 1. The number of alkyl carbamates (subject to hydrolysis) is 1. The molecule has 4 aromatic rings. The number of ether oxygens (including phenoxy) is 2. The van der Waals surface area contributed by atoms with Gasteiger partial charge in [-0.05, 0) is 55.1 Å². The van der Waals surface area contributed by atoms with E-state index in [1.54, 1.807) is 4.90 Å². The third kappa shape index (κ3) is 8.58. The number of hydrogen-bond acceptors (Lipinski definition) is 8. The van der Waals surface area contributed by atoms with E-state index in [4.69, 9.17) is 25.2 Å². The number of nitrogens with zero attached hydrogens (tertiary/aromatic N) is 4. The molecule has 5 N–H and O–H groups in total. The smallest absolute Gasteiger partial charge is 0.407 e. The number of H-pyrrole nitrogens is 2. The maximum absolute atomic E-state index is 13.6. The van der Waals surface area contributed by atoms with Gasteiger partial charge in [-0.1, -0.05) is 89.6 Å². The predicted octanol–water partition coefficient (Wildman–Crippen LogP) is 6.91. The SMILES string of the molecule is CCCc1[nH]c([C@@H]2CCCN2C(=O)[C@@H](OC(N)=O)C(C)C)nc1-c1ccc(-c2ccc(-c3c[nH]c(C4CCCN4C(=O)C(NC(=O)OC)C(C)C)n3)cc2)cc1. The van der Waals surface area contributed by atoms with Gasteiger partial charge in [-0.3, -0.25) is 9.59 Å². The number of aryl methyl sites for hydroxylation is 1. The zero-order valence-corrected chi connectivity index (χ0v) is 33.1. The van der Waals surface area contributed by atoms with Crippen molar-refractivity contribution in [3.05, 3.63) is 72.1 Å². The Hall–Kier alpha value is -5.66. The Morgan fingerprint density at radius 1 is 0.821 bits per heavy atom. The minimum Gasteiger partial charge on any atom is -0.453 e. The molecule has 4 amide bonds. The normalized spacial score (nSPS) is 18.0. The predicted molar refractivity (Wildman–Crippen MR) is 212 cm³/mol. The molecule has 2 saturated heterocycles. The fourth-order valence-electron chi connectivity index (χ4n) is 7.83. The first kappa shape index (κ1) is 40.0. The van der Waals surface area contributed by atoms with Gasteiger partial charge in [-0.2, -0.15) is 0 Å². The van der Waals surface area contributed by atoms with Crippen LogP contribution in [0.4, 0.5) is 9.59 Å². The van der Waals surface area contributed by atoms with Crippen LogP contribution in [0.1, 0.15) is 96.1 Å². The summed E-state index contributed by atoms with van der Waals surface area (Å²) in [5, 5.41) is 2.70. The Kier molecular flexibility index (Phi) is 12.5. The van der Waals surface area contributed by atoms with Crippen LogP contribution in [0, 0.1) is 11.8 Å². The van der Waals surface area contributed by atoms with Gasteiger partial charge in [0.1, 0.15) is 17.7 Å². The Bertz CT molecular complexity index is 2000. The van der Waals surface area contributed by atoms with Gasteiger partial charge in [0.15, 0.2) is 6.10 Å². The number of aromatic nitrogens is 4. The van der Waals surface area contributed by atoms with Crippen molar-refractivity contribution < 1.29 is 28.7 Å². The lowest BCUT2D eigenvalue weighted by Crippen LogP contribution is -2.51. The highest BCUT2D eigenvalue weighted by atomic mass is 16.6. The molecule has 0 saturated carbocycles. The van der Waals surface area contributed by atoms with Crippen molar-refractivity contribution in [1.29, 1.82) is 0 Å². The Morgan fingerprint density at radius 3 is 1.95 bits per heavy atom. The molecule has 0 spiro atoms. The summed E-state index contributed by atoms with van der Waals surface area (Å²) in [6, 6.07) is 15.4. The number of amides is 4. The van der Waals surface area contributed by atoms with Crippen LogP contribution in [0.2, 0.25) is 0 Å². The number of carbonyl (C=O) groups is 4. The molecule has 2 aliphatic rings. The van der Waals surface area contributed by atoms with Gasteiger partial charge in [0, 0.05) is 36.1 Å². The average molecular weight is 767 g/mol. The lowest BCUT2D eigenvalue weighted by Gasteiger charge is -2.29. The topological polar surface area (TPSA) is 189 Å². The fraction of sp³-hybridized carbons (Fsp3) is 0.476. The van der Waals surface area contributed by atoms with E-state index in [0.717, 1.165) is 89.5 Å². The zero-order chi connectivity index (χ0) is 40.1. The monoisotopic (exact) mass is 766 g/mol. The van der Waals surface area contributed by atoms with Crippen molar-refractivity contribution in [2.24, 2.45) is 17.6 Å². The van der Waals surface area contributed by atoms with E-state index >= 15 is 0 Å². The largest absolute Gasteiger partial charge is 0.453 e. The molecule has 0 radical (unpaired) electrons. The minimum absolute atomic E-state index is 0.107. The van der Waals surface area contributed by atoms with Gasteiger partial charge in [0.2, 0.25) is 5.91 Å². The maximum Gasteiger partial charge on any atom is 0.407 e. The second kappa shape index (κ2) is 17.4. The molecule has 4 heterocycles. The van der Waals surface area contributed by atoms with Crippen LogP contribution < -0.4 is 11.1 Å². The number of rotatable bonds is 13. The first-order chi connectivity index (χ1) is 26.9. The van der Waals surface area contributed by atoms with Crippen LogP contribution in [0.5, 0.6) is 0 Å². The Morgan fingerprint density at radius 2 is 1.39 bits per heavy atom. The molecule has 4 atom stereocenters. The molecule has 298 valence electrons. The minimum atomic E-state index is -0.958. The molecular weight excluding hydrogens is 713 g/mol. The van der Waals surface area contributed by atoms with Crippen molar-refractivity contribution in [3.8, 4) is 33.6 Å². The van der Waals surface area contributed by atoms with Gasteiger partial charge in [-0.15, -0.1) is 0 Å². The highest BCUT2D eigenvalue weighted by Gasteiger charge is 2.39. The molecule has 6 rings (SSSR count). The van der Waals surface area contributed by atoms with E-state index in [9.17, 15) is 19.2 Å². The number of hydrogen-bond donors (Lipinski definition) is 4. The van der Waals surface area contributed by atoms with Gasteiger partial charge in [-0.25, -0.2) is 19.6 Å². The first-order valence-electron chi connectivity index (χ1n) is 19.7. The number of nitrogens with one attached hydrogen (secondary N) is 3. The summed E-state index contributed by atoms with van der Waals surface area (Å²) in [5.74, 6) is 0.735. The molecule has 2 aromatic heterocycles. The summed E-state index contributed by atoms with van der Waals surface area (Å²) in [4.78, 5) is 71.0. The number of carbonyl (C=O) groups excluding carboxylic acids is 4. The maximum atomic E-state index is 13.6. The first-order valence-corrected chi connectivity index (χ1v) is 19.7. The van der Waals surface area contributed by atoms with Crippen molar-refractivity contribution >= 4 is 24.0 Å². The molecule has 0 bridgehead atoms. The van der Waals surface area contributed by atoms with Crippen molar-refractivity contribution in [1.82, 2.24) is 35.1 Å². The molecule has 14 nitrogen and oxygen atoms in total. The molecule has 0 aliphatic carbocycles. The number of primary amides is 1. The molecule has 2 aliphatic heterocycles. The number of aromatic amines is 2. The van der Waals surface area contributed by atoms with E-state index in [-0.39, 0.29) is 35.7 Å². The number of benzene rings is 2. The van der Waals surface area contributed by atoms with Gasteiger partial charge < -0.3 is 40.3 Å². The van der Waals surface area contributed by atoms with E-state index in [2.05, 4.69) is 58.6 Å². The number of imidazole rings is 2. The lowest BCUT2D eigenvalue weighted by molar-refractivity contribution is -0.143. The highest BCUT2D eigenvalue weighted by molar-refractivity contribution is 5.86. The second-order valence-electron chi connectivity index (χ2n) is 15.4. The number of methoxy groups -OCH3 is 1. The molecule has 56 heavy (non-hydrogen) atoms. The third-order valence-corrected chi connectivity index (χ3v) is 10.8. The second-order valence-corrected chi connectivity index (χ2v) is 15.4. The Labute approximate surface area is 327 Å². The summed E-state index contributed by atoms with van der Waals surface area (Å²) < 4.78 is 9.98. The summed E-state index contributed by atoms with van der Waals surface area (Å²) >= 11 is 0. The van der Waals surface area contributed by atoms with Crippen LogP contribution in [0.3, 0.4) is 0 Å². The third-order valence-electron chi connectivity index (χ3n) is 10.8. The van der Waals surface area contributed by atoms with Gasteiger partial charge in [0.05, 0.1) is 30.6 Å². The summed E-state index contributed by atoms with van der Waals surface area (Å²) in [6.07, 6.45) is 4.28. The summed E-state index contributed by atoms with van der Waals surface area (Å²) in [6.45, 7) is 10.7. The van der Waals surface area contributed by atoms with Crippen molar-refractivity contribution in [3.63, 3.8) is 0 Å². The van der Waals surface area contributed by atoms with Crippen LogP contribution in [0.15, 0.2) is 54.7 Å². The van der Waals surface area contributed by atoms with E-state index in [1.165, 1.54) is 7.11 Å². The van der Waals surface area contributed by atoms with Crippen LogP contribution in [-0.2, 0) is 25.5 Å². The molecule has 2 aromatic carbocycles. The lowest BCUT2D eigenvalue weighted by atomic mass is 10.00. The number of likely N-dealkylation sites (tertiary alicyclic amines) is 2. The zero-order valence-electron chi connectivity index (χ0n) is 33.1. The van der Waals surface area contributed by atoms with E-state index in [1.807, 2.05) is 50.9 Å². The van der Waals surface area contributed by atoms with Crippen LogP contribution >= 0.6 is 0 Å². The van der Waals surface area contributed by atoms with E-state index < -0.39 is 24.3 Å².